The first-order valence-corrected chi connectivity index (χ1v) is 7.05. The zero-order valence-electron chi connectivity index (χ0n) is 13.1. The molecule has 1 aromatic carbocycles. The standard InChI is InChI=1S/C16H23N3O2/c1-12-8-18-19(10-12)11-13(2)17-9-14-5-15(20-3)7-16(6-14)21-4/h5-8,10,13,17H,9,11H2,1-4H3/t13-/m0/s1. The van der Waals surface area contributed by atoms with E-state index in [0.29, 0.717) is 6.04 Å². The van der Waals surface area contributed by atoms with Gasteiger partial charge in [0.05, 0.1) is 27.0 Å². The van der Waals surface area contributed by atoms with Gasteiger partial charge in [-0.1, -0.05) is 0 Å². The number of aromatic nitrogens is 2. The minimum Gasteiger partial charge on any atom is -0.497 e. The normalized spacial score (nSPS) is 12.2. The molecule has 0 fully saturated rings. The fourth-order valence-corrected chi connectivity index (χ4v) is 2.17. The lowest BCUT2D eigenvalue weighted by molar-refractivity contribution is 0.392. The van der Waals surface area contributed by atoms with E-state index in [1.54, 1.807) is 14.2 Å². The van der Waals surface area contributed by atoms with Crippen molar-refractivity contribution in [3.05, 3.63) is 41.7 Å². The van der Waals surface area contributed by atoms with Crippen molar-refractivity contribution in [2.75, 3.05) is 14.2 Å². The largest absolute Gasteiger partial charge is 0.497 e. The second-order valence-corrected chi connectivity index (χ2v) is 5.24. The van der Waals surface area contributed by atoms with Gasteiger partial charge in [-0.2, -0.15) is 5.10 Å². The van der Waals surface area contributed by atoms with E-state index in [4.69, 9.17) is 9.47 Å². The number of aryl methyl sites for hydroxylation is 1. The molecule has 0 saturated heterocycles. The summed E-state index contributed by atoms with van der Waals surface area (Å²) in [6.07, 6.45) is 3.92. The molecule has 0 unspecified atom stereocenters. The minimum atomic E-state index is 0.321. The topological polar surface area (TPSA) is 48.3 Å². The van der Waals surface area contributed by atoms with Gasteiger partial charge in [0.1, 0.15) is 11.5 Å². The molecule has 0 bridgehead atoms. The summed E-state index contributed by atoms with van der Waals surface area (Å²) < 4.78 is 12.5. The quantitative estimate of drug-likeness (QED) is 0.850. The number of benzene rings is 1. The Morgan fingerprint density at radius 3 is 2.38 bits per heavy atom. The Kier molecular flexibility index (Phi) is 5.22. The number of methoxy groups -OCH3 is 2. The van der Waals surface area contributed by atoms with Crippen LogP contribution in [0.3, 0.4) is 0 Å². The van der Waals surface area contributed by atoms with Crippen molar-refractivity contribution < 1.29 is 9.47 Å². The summed E-state index contributed by atoms with van der Waals surface area (Å²) in [5.41, 5.74) is 2.31. The van der Waals surface area contributed by atoms with Crippen LogP contribution in [0.15, 0.2) is 30.6 Å². The van der Waals surface area contributed by atoms with E-state index >= 15 is 0 Å². The van der Waals surface area contributed by atoms with E-state index in [1.165, 1.54) is 5.56 Å². The first-order valence-electron chi connectivity index (χ1n) is 7.05. The van der Waals surface area contributed by atoms with Gasteiger partial charge in [-0.25, -0.2) is 0 Å². The SMILES string of the molecule is COc1cc(CN[C@@H](C)Cn2cc(C)cn2)cc(OC)c1. The van der Waals surface area contributed by atoms with Crippen LogP contribution < -0.4 is 14.8 Å². The maximum atomic E-state index is 5.28. The van der Waals surface area contributed by atoms with Gasteiger partial charge in [-0.05, 0) is 37.1 Å². The van der Waals surface area contributed by atoms with Crippen LogP contribution in [0.5, 0.6) is 11.5 Å². The zero-order valence-corrected chi connectivity index (χ0v) is 13.1. The average Bonchev–Trinajstić information content (AvgIpc) is 2.89. The van der Waals surface area contributed by atoms with Gasteiger partial charge in [0.15, 0.2) is 0 Å². The lowest BCUT2D eigenvalue weighted by atomic mass is 10.2. The maximum absolute atomic E-state index is 5.28. The maximum Gasteiger partial charge on any atom is 0.122 e. The fraction of sp³-hybridized carbons (Fsp3) is 0.438. The molecule has 0 saturated carbocycles. The number of nitrogens with one attached hydrogen (secondary N) is 1. The molecule has 1 atom stereocenters. The first-order chi connectivity index (χ1) is 10.1. The van der Waals surface area contributed by atoms with Gasteiger partial charge < -0.3 is 14.8 Å². The molecule has 0 amide bonds. The number of hydrogen-bond donors (Lipinski definition) is 1. The summed E-state index contributed by atoms with van der Waals surface area (Å²) in [7, 11) is 3.32. The molecule has 0 aliphatic rings. The van der Waals surface area contributed by atoms with Crippen LogP contribution in [-0.4, -0.2) is 30.0 Å². The average molecular weight is 289 g/mol. The Hall–Kier alpha value is -2.01. The first kappa shape index (κ1) is 15.4. The fourth-order valence-electron chi connectivity index (χ4n) is 2.17. The van der Waals surface area contributed by atoms with Gasteiger partial charge in [0, 0.05) is 24.8 Å². The van der Waals surface area contributed by atoms with Crippen LogP contribution in [0.25, 0.3) is 0 Å². The lowest BCUT2D eigenvalue weighted by Crippen LogP contribution is -2.30. The molecule has 21 heavy (non-hydrogen) atoms. The summed E-state index contributed by atoms with van der Waals surface area (Å²) in [4.78, 5) is 0. The van der Waals surface area contributed by atoms with Crippen LogP contribution in [0.2, 0.25) is 0 Å². The summed E-state index contributed by atoms with van der Waals surface area (Å²) >= 11 is 0. The smallest absolute Gasteiger partial charge is 0.122 e. The number of nitrogens with zero attached hydrogens (tertiary/aromatic N) is 2. The van der Waals surface area contributed by atoms with Crippen molar-refractivity contribution in [3.63, 3.8) is 0 Å². The van der Waals surface area contributed by atoms with Crippen molar-refractivity contribution in [3.8, 4) is 11.5 Å². The van der Waals surface area contributed by atoms with E-state index in [1.807, 2.05) is 42.2 Å². The second-order valence-electron chi connectivity index (χ2n) is 5.24. The Balaban J connectivity index is 1.92. The third-order valence-electron chi connectivity index (χ3n) is 3.29. The van der Waals surface area contributed by atoms with E-state index in [0.717, 1.165) is 30.2 Å². The highest BCUT2D eigenvalue weighted by atomic mass is 16.5. The molecule has 5 nitrogen and oxygen atoms in total. The number of hydrogen-bond acceptors (Lipinski definition) is 4. The Morgan fingerprint density at radius 1 is 1.19 bits per heavy atom. The highest BCUT2D eigenvalue weighted by molar-refractivity contribution is 5.38. The molecule has 114 valence electrons. The van der Waals surface area contributed by atoms with E-state index in [9.17, 15) is 0 Å². The summed E-state index contributed by atoms with van der Waals surface area (Å²) in [6.45, 7) is 5.79. The number of ether oxygens (including phenoxy) is 2. The lowest BCUT2D eigenvalue weighted by Gasteiger charge is -2.15. The highest BCUT2D eigenvalue weighted by Crippen LogP contribution is 2.22. The molecule has 0 spiro atoms. The van der Waals surface area contributed by atoms with Crippen LogP contribution in [-0.2, 0) is 13.1 Å². The van der Waals surface area contributed by atoms with Crippen molar-refractivity contribution in [1.82, 2.24) is 15.1 Å². The molecular weight excluding hydrogens is 266 g/mol. The van der Waals surface area contributed by atoms with Crippen LogP contribution in [0.4, 0.5) is 0 Å². The zero-order chi connectivity index (χ0) is 15.2. The predicted molar refractivity (Wildman–Crippen MR) is 82.8 cm³/mol. The molecule has 0 radical (unpaired) electrons. The minimum absolute atomic E-state index is 0.321. The molecule has 1 aromatic heterocycles. The Bertz CT molecular complexity index is 558. The third kappa shape index (κ3) is 4.49. The van der Waals surface area contributed by atoms with E-state index < -0.39 is 0 Å². The van der Waals surface area contributed by atoms with Crippen LogP contribution >= 0.6 is 0 Å². The van der Waals surface area contributed by atoms with Crippen molar-refractivity contribution in [1.29, 1.82) is 0 Å². The molecular formula is C16H23N3O2. The highest BCUT2D eigenvalue weighted by Gasteiger charge is 2.06. The van der Waals surface area contributed by atoms with E-state index in [-0.39, 0.29) is 0 Å². The second kappa shape index (κ2) is 7.13. The monoisotopic (exact) mass is 289 g/mol. The third-order valence-corrected chi connectivity index (χ3v) is 3.29. The van der Waals surface area contributed by atoms with Gasteiger partial charge in [0.25, 0.3) is 0 Å². The summed E-state index contributed by atoms with van der Waals surface area (Å²) in [5.74, 6) is 1.61. The van der Waals surface area contributed by atoms with Gasteiger partial charge >= 0.3 is 0 Å². The Morgan fingerprint density at radius 2 is 1.86 bits per heavy atom. The van der Waals surface area contributed by atoms with Gasteiger partial charge in [-0.3, -0.25) is 4.68 Å². The molecule has 1 heterocycles. The molecule has 0 aliphatic carbocycles. The predicted octanol–water partition coefficient (Wildman–Crippen LogP) is 2.39. The molecule has 2 aromatic rings. The van der Waals surface area contributed by atoms with Crippen LogP contribution in [0, 0.1) is 6.92 Å². The molecule has 2 rings (SSSR count). The van der Waals surface area contributed by atoms with Crippen LogP contribution in [0.1, 0.15) is 18.1 Å². The summed E-state index contributed by atoms with van der Waals surface area (Å²) in [5, 5.41) is 7.79. The van der Waals surface area contributed by atoms with Crippen molar-refractivity contribution >= 4 is 0 Å². The molecule has 5 heteroatoms. The summed E-state index contributed by atoms with van der Waals surface area (Å²) in [6, 6.07) is 6.22. The van der Waals surface area contributed by atoms with E-state index in [2.05, 4.69) is 17.3 Å². The van der Waals surface area contributed by atoms with Crippen molar-refractivity contribution in [2.45, 2.75) is 33.0 Å². The Labute approximate surface area is 125 Å². The van der Waals surface area contributed by atoms with Gasteiger partial charge in [-0.15, -0.1) is 0 Å². The van der Waals surface area contributed by atoms with Crippen molar-refractivity contribution in [2.24, 2.45) is 0 Å². The van der Waals surface area contributed by atoms with Gasteiger partial charge in [0.2, 0.25) is 0 Å². The molecule has 0 aliphatic heterocycles. The number of rotatable bonds is 7. The molecule has 1 N–H and O–H groups in total.